The highest BCUT2D eigenvalue weighted by molar-refractivity contribution is 9.10. The Morgan fingerprint density at radius 1 is 1.47 bits per heavy atom. The number of halogens is 2. The summed E-state index contributed by atoms with van der Waals surface area (Å²) in [5.41, 5.74) is -0.222. The number of rotatable bonds is 3. The first-order chi connectivity index (χ1) is 6.79. The minimum Gasteiger partial charge on any atom is -0.269 e. The number of nitro benzene ring substituents is 1. The molecule has 0 radical (unpaired) electrons. The molecule has 9 heteroatoms. The number of nitro groups is 1. The van der Waals surface area contributed by atoms with Crippen LogP contribution in [0.15, 0.2) is 22.7 Å². The molecule has 0 aliphatic carbocycles. The van der Waals surface area contributed by atoms with Gasteiger partial charge in [0.05, 0.1) is 10.6 Å². The molecule has 0 aliphatic rings. The largest absolute Gasteiger partial charge is 0.319 e. The average Bonchev–Trinajstić information content (AvgIpc) is 2.06. The van der Waals surface area contributed by atoms with Crippen LogP contribution in [0.2, 0.25) is 0 Å². The summed E-state index contributed by atoms with van der Waals surface area (Å²) in [5, 5.41) is 10.4. The van der Waals surface area contributed by atoms with Gasteiger partial charge < -0.3 is 0 Å². The summed E-state index contributed by atoms with van der Waals surface area (Å²) in [7, 11) is 0.969. The number of nitrogens with zero attached hydrogens (tertiary/aromatic N) is 1. The maximum absolute atomic E-state index is 10.7. The molecule has 82 valence electrons. The highest BCUT2D eigenvalue weighted by Crippen LogP contribution is 2.28. The van der Waals surface area contributed by atoms with Crippen LogP contribution in [0.5, 0.6) is 0 Å². The van der Waals surface area contributed by atoms with Gasteiger partial charge in [0.2, 0.25) is 0 Å². The van der Waals surface area contributed by atoms with Crippen LogP contribution < -0.4 is 4.72 Å². The van der Waals surface area contributed by atoms with Crippen molar-refractivity contribution >= 4 is 47.2 Å². The van der Waals surface area contributed by atoms with E-state index >= 15 is 0 Å². The van der Waals surface area contributed by atoms with E-state index in [2.05, 4.69) is 15.9 Å². The standard InChI is InChI=1S/C6H4BrClN2O4S/c7-5-2-1-4(10(11)12)3-6(5)9-15(8,13)14/h1-3,9H. The Hall–Kier alpha value is -0.860. The first kappa shape index (κ1) is 12.2. The summed E-state index contributed by atoms with van der Waals surface area (Å²) in [5.74, 6) is 0. The van der Waals surface area contributed by atoms with E-state index in [9.17, 15) is 18.5 Å². The molecule has 1 aromatic carbocycles. The lowest BCUT2D eigenvalue weighted by molar-refractivity contribution is -0.384. The zero-order chi connectivity index (χ0) is 11.6. The Labute approximate surface area is 98.1 Å². The van der Waals surface area contributed by atoms with Crippen LogP contribution in [-0.2, 0) is 9.24 Å². The second kappa shape index (κ2) is 4.33. The van der Waals surface area contributed by atoms with Crippen molar-refractivity contribution < 1.29 is 13.3 Å². The maximum atomic E-state index is 10.7. The molecule has 0 unspecified atom stereocenters. The number of non-ortho nitro benzene ring substituents is 1. The van der Waals surface area contributed by atoms with E-state index in [0.29, 0.717) is 4.47 Å². The highest BCUT2D eigenvalue weighted by Gasteiger charge is 2.13. The van der Waals surface area contributed by atoms with E-state index in [0.717, 1.165) is 6.07 Å². The zero-order valence-corrected chi connectivity index (χ0v) is 10.1. The molecule has 1 N–H and O–H groups in total. The van der Waals surface area contributed by atoms with E-state index in [1.807, 2.05) is 4.72 Å². The molecule has 0 fully saturated rings. The number of nitrogens with one attached hydrogen (secondary N) is 1. The van der Waals surface area contributed by atoms with E-state index in [1.54, 1.807) is 0 Å². The molecule has 0 spiro atoms. The third kappa shape index (κ3) is 3.65. The monoisotopic (exact) mass is 314 g/mol. The van der Waals surface area contributed by atoms with Crippen molar-refractivity contribution in [2.45, 2.75) is 0 Å². The predicted octanol–water partition coefficient (Wildman–Crippen LogP) is 2.25. The summed E-state index contributed by atoms with van der Waals surface area (Å²) in [6, 6.07) is 3.64. The van der Waals surface area contributed by atoms with Crippen molar-refractivity contribution in [1.29, 1.82) is 0 Å². The zero-order valence-electron chi connectivity index (χ0n) is 6.98. The van der Waals surface area contributed by atoms with Gasteiger partial charge >= 0.3 is 9.24 Å². The Kier molecular flexibility index (Phi) is 3.53. The van der Waals surface area contributed by atoms with Gasteiger partial charge in [0, 0.05) is 27.3 Å². The fourth-order valence-electron chi connectivity index (χ4n) is 0.836. The van der Waals surface area contributed by atoms with Gasteiger partial charge in [0.1, 0.15) is 0 Å². The van der Waals surface area contributed by atoms with Crippen molar-refractivity contribution in [3.63, 3.8) is 0 Å². The first-order valence-corrected chi connectivity index (χ1v) is 6.56. The molecule has 0 aromatic heterocycles. The highest BCUT2D eigenvalue weighted by atomic mass is 79.9. The fraction of sp³-hybridized carbons (Fsp3) is 0. The van der Waals surface area contributed by atoms with Gasteiger partial charge in [0.25, 0.3) is 5.69 Å². The van der Waals surface area contributed by atoms with Crippen LogP contribution in [0.3, 0.4) is 0 Å². The molecule has 0 saturated carbocycles. The number of anilines is 1. The lowest BCUT2D eigenvalue weighted by Gasteiger charge is -2.04. The number of benzene rings is 1. The summed E-state index contributed by atoms with van der Waals surface area (Å²) < 4.78 is 23.7. The van der Waals surface area contributed by atoms with Gasteiger partial charge in [-0.15, -0.1) is 0 Å². The molecule has 0 bridgehead atoms. The summed E-state index contributed by atoms with van der Waals surface area (Å²) in [6.07, 6.45) is 0. The molecule has 0 saturated heterocycles. The van der Waals surface area contributed by atoms with E-state index in [1.165, 1.54) is 12.1 Å². The molecule has 1 rings (SSSR count). The maximum Gasteiger partial charge on any atom is 0.319 e. The topological polar surface area (TPSA) is 89.3 Å². The second-order valence-electron chi connectivity index (χ2n) is 2.46. The lowest BCUT2D eigenvalue weighted by Crippen LogP contribution is -2.05. The summed E-state index contributed by atoms with van der Waals surface area (Å²) in [6.45, 7) is 0. The SMILES string of the molecule is O=[N+]([O-])c1ccc(Br)c(NS(=O)(=O)Cl)c1. The van der Waals surface area contributed by atoms with Crippen molar-refractivity contribution in [2.24, 2.45) is 0 Å². The molecular weight excluding hydrogens is 312 g/mol. The van der Waals surface area contributed by atoms with Gasteiger partial charge in [-0.25, -0.2) is 0 Å². The lowest BCUT2D eigenvalue weighted by atomic mass is 10.3. The Morgan fingerprint density at radius 3 is 2.53 bits per heavy atom. The van der Waals surface area contributed by atoms with E-state index in [-0.39, 0.29) is 11.4 Å². The molecule has 0 aliphatic heterocycles. The smallest absolute Gasteiger partial charge is 0.269 e. The van der Waals surface area contributed by atoms with Gasteiger partial charge in [-0.3, -0.25) is 14.8 Å². The molecule has 6 nitrogen and oxygen atoms in total. The third-order valence-corrected chi connectivity index (χ3v) is 2.78. The Balaban J connectivity index is 3.17. The van der Waals surface area contributed by atoms with Gasteiger partial charge in [-0.2, -0.15) is 8.42 Å². The summed E-state index contributed by atoms with van der Waals surface area (Å²) >= 11 is 3.02. The van der Waals surface area contributed by atoms with Crippen LogP contribution in [0.25, 0.3) is 0 Å². The predicted molar refractivity (Wildman–Crippen MR) is 59.2 cm³/mol. The van der Waals surface area contributed by atoms with Crippen LogP contribution in [0, 0.1) is 10.1 Å². The molecule has 15 heavy (non-hydrogen) atoms. The minimum atomic E-state index is -3.97. The van der Waals surface area contributed by atoms with Gasteiger partial charge in [-0.05, 0) is 22.0 Å². The average molecular weight is 316 g/mol. The van der Waals surface area contributed by atoms with Crippen LogP contribution in [0.1, 0.15) is 0 Å². The molecule has 0 amide bonds. The molecule has 0 atom stereocenters. The van der Waals surface area contributed by atoms with Gasteiger partial charge in [0.15, 0.2) is 0 Å². The normalized spacial score (nSPS) is 11.1. The third-order valence-electron chi connectivity index (χ3n) is 1.39. The minimum absolute atomic E-state index is 0.0131. The van der Waals surface area contributed by atoms with Crippen molar-refractivity contribution in [2.75, 3.05) is 4.72 Å². The number of hydrogen-bond donors (Lipinski definition) is 1. The van der Waals surface area contributed by atoms with Crippen molar-refractivity contribution in [1.82, 2.24) is 0 Å². The van der Waals surface area contributed by atoms with Gasteiger partial charge in [-0.1, -0.05) is 0 Å². The van der Waals surface area contributed by atoms with Crippen LogP contribution in [0.4, 0.5) is 11.4 Å². The first-order valence-electron chi connectivity index (χ1n) is 3.46. The van der Waals surface area contributed by atoms with Crippen LogP contribution >= 0.6 is 26.6 Å². The fourth-order valence-corrected chi connectivity index (χ4v) is 1.99. The Morgan fingerprint density at radius 2 is 2.07 bits per heavy atom. The van der Waals surface area contributed by atoms with E-state index < -0.39 is 14.2 Å². The number of hydrogen-bond acceptors (Lipinski definition) is 4. The van der Waals surface area contributed by atoms with E-state index in [4.69, 9.17) is 10.7 Å². The van der Waals surface area contributed by atoms with Crippen LogP contribution in [-0.4, -0.2) is 13.3 Å². The summed E-state index contributed by atoms with van der Waals surface area (Å²) in [4.78, 5) is 9.77. The quantitative estimate of drug-likeness (QED) is 0.526. The Bertz CT molecular complexity index is 504. The second-order valence-corrected chi connectivity index (χ2v) is 5.61. The molecular formula is C6H4BrClN2O4S. The van der Waals surface area contributed by atoms with Crippen molar-refractivity contribution in [3.05, 3.63) is 32.8 Å². The molecule has 1 aromatic rings. The van der Waals surface area contributed by atoms with Crippen molar-refractivity contribution in [3.8, 4) is 0 Å². The molecule has 0 heterocycles.